The molecule has 1 saturated heterocycles. The third kappa shape index (κ3) is 5.27. The van der Waals surface area contributed by atoms with Gasteiger partial charge in [-0.05, 0) is 25.5 Å². The van der Waals surface area contributed by atoms with Crippen molar-refractivity contribution >= 4 is 17.7 Å². The number of hydrogen-bond acceptors (Lipinski definition) is 4. The Hall–Kier alpha value is -0.260. The third-order valence-corrected chi connectivity index (χ3v) is 4.40. The predicted octanol–water partition coefficient (Wildman–Crippen LogP) is 1.74. The molecule has 4 nitrogen and oxygen atoms in total. The minimum Gasteiger partial charge on any atom is -0.480 e. The van der Waals surface area contributed by atoms with Crippen LogP contribution in [-0.2, 0) is 9.53 Å². The second-order valence-corrected chi connectivity index (χ2v) is 6.12. The van der Waals surface area contributed by atoms with E-state index >= 15 is 0 Å². The highest BCUT2D eigenvalue weighted by Gasteiger charge is 2.25. The van der Waals surface area contributed by atoms with Crippen molar-refractivity contribution in [2.75, 3.05) is 12.4 Å². The summed E-state index contributed by atoms with van der Waals surface area (Å²) >= 11 is 1.84. The highest BCUT2D eigenvalue weighted by molar-refractivity contribution is 7.99. The molecule has 3 unspecified atom stereocenters. The molecule has 100 valence electrons. The zero-order valence-electron chi connectivity index (χ0n) is 10.8. The molecule has 0 saturated carbocycles. The summed E-state index contributed by atoms with van der Waals surface area (Å²) in [6.45, 7) is 6.86. The summed E-state index contributed by atoms with van der Waals surface area (Å²) in [5.41, 5.74) is 0. The maximum absolute atomic E-state index is 11.0. The fraction of sp³-hybridized carbons (Fsp3) is 0.917. The Morgan fingerprint density at radius 3 is 2.76 bits per heavy atom. The molecule has 0 amide bonds. The smallest absolute Gasteiger partial charge is 0.320 e. The number of hydrogen-bond donors (Lipinski definition) is 2. The van der Waals surface area contributed by atoms with Crippen LogP contribution in [0.15, 0.2) is 0 Å². The van der Waals surface area contributed by atoms with Gasteiger partial charge in [0, 0.05) is 17.9 Å². The average molecular weight is 261 g/mol. The van der Waals surface area contributed by atoms with Gasteiger partial charge in [-0.25, -0.2) is 0 Å². The van der Waals surface area contributed by atoms with E-state index in [-0.39, 0.29) is 6.04 Å². The largest absolute Gasteiger partial charge is 0.480 e. The molecule has 1 aliphatic rings. The molecule has 0 spiro atoms. The first-order chi connectivity index (χ1) is 8.00. The van der Waals surface area contributed by atoms with Crippen molar-refractivity contribution in [1.29, 1.82) is 0 Å². The van der Waals surface area contributed by atoms with E-state index in [0.29, 0.717) is 17.8 Å². The lowest BCUT2D eigenvalue weighted by Crippen LogP contribution is -2.41. The molecular weight excluding hydrogens is 238 g/mol. The lowest BCUT2D eigenvalue weighted by Gasteiger charge is -2.18. The van der Waals surface area contributed by atoms with Gasteiger partial charge in [0.15, 0.2) is 0 Å². The van der Waals surface area contributed by atoms with Crippen molar-refractivity contribution in [3.63, 3.8) is 0 Å². The van der Waals surface area contributed by atoms with Crippen LogP contribution < -0.4 is 5.32 Å². The molecule has 1 heterocycles. The first-order valence-electron chi connectivity index (χ1n) is 6.22. The van der Waals surface area contributed by atoms with E-state index in [9.17, 15) is 4.79 Å². The van der Waals surface area contributed by atoms with E-state index < -0.39 is 12.0 Å². The predicted molar refractivity (Wildman–Crippen MR) is 70.6 cm³/mol. The summed E-state index contributed by atoms with van der Waals surface area (Å²) in [5.74, 6) is 0.115. The molecule has 5 heteroatoms. The number of carboxylic acids is 1. The van der Waals surface area contributed by atoms with Crippen molar-refractivity contribution in [2.45, 2.75) is 57.1 Å². The normalized spacial score (nSPS) is 26.4. The van der Waals surface area contributed by atoms with Crippen LogP contribution in [0.1, 0.15) is 33.6 Å². The summed E-state index contributed by atoms with van der Waals surface area (Å²) in [7, 11) is 0. The number of rotatable bonds is 7. The Balaban J connectivity index is 2.24. The summed E-state index contributed by atoms with van der Waals surface area (Å²) in [6, 6.07) is -0.227. The van der Waals surface area contributed by atoms with E-state index in [1.165, 1.54) is 0 Å². The highest BCUT2D eigenvalue weighted by Crippen LogP contribution is 2.26. The van der Waals surface area contributed by atoms with Gasteiger partial charge in [-0.2, -0.15) is 11.8 Å². The van der Waals surface area contributed by atoms with Gasteiger partial charge in [0.25, 0.3) is 0 Å². The molecule has 0 aromatic carbocycles. The van der Waals surface area contributed by atoms with Crippen LogP contribution in [0, 0.1) is 0 Å². The monoisotopic (exact) mass is 261 g/mol. The number of carbonyl (C=O) groups is 1. The maximum atomic E-state index is 11.0. The molecule has 3 atom stereocenters. The van der Waals surface area contributed by atoms with Crippen molar-refractivity contribution in [2.24, 2.45) is 0 Å². The standard InChI is InChI=1S/C12H23NO3S/c1-8(2)13-10(12(14)15)5-7-17-11-4-6-16-9(11)3/h8-11,13H,4-7H2,1-3H3,(H,14,15). The molecule has 1 rings (SSSR count). The summed E-state index contributed by atoms with van der Waals surface area (Å²) in [5, 5.41) is 12.7. The van der Waals surface area contributed by atoms with Gasteiger partial charge in [0.1, 0.15) is 6.04 Å². The molecular formula is C12H23NO3S. The Morgan fingerprint density at radius 2 is 2.29 bits per heavy atom. The van der Waals surface area contributed by atoms with E-state index in [1.54, 1.807) is 0 Å². The third-order valence-electron chi connectivity index (χ3n) is 2.88. The lowest BCUT2D eigenvalue weighted by atomic mass is 10.2. The fourth-order valence-corrected chi connectivity index (χ4v) is 3.24. The first kappa shape index (κ1) is 14.8. The van der Waals surface area contributed by atoms with Gasteiger partial charge in [-0.1, -0.05) is 13.8 Å². The number of thioether (sulfide) groups is 1. The zero-order chi connectivity index (χ0) is 12.8. The average Bonchev–Trinajstić information content (AvgIpc) is 2.62. The van der Waals surface area contributed by atoms with Gasteiger partial charge < -0.3 is 15.2 Å². The molecule has 0 aliphatic carbocycles. The molecule has 17 heavy (non-hydrogen) atoms. The van der Waals surface area contributed by atoms with E-state index in [4.69, 9.17) is 9.84 Å². The molecule has 1 fully saturated rings. The Labute approximate surface area is 107 Å². The SMILES string of the molecule is CC(C)NC(CCSC1CCOC1C)C(=O)O. The van der Waals surface area contributed by atoms with Crippen molar-refractivity contribution in [3.8, 4) is 0 Å². The van der Waals surface area contributed by atoms with E-state index in [0.717, 1.165) is 18.8 Å². The quantitative estimate of drug-likeness (QED) is 0.731. The van der Waals surface area contributed by atoms with Gasteiger partial charge in [0.05, 0.1) is 6.10 Å². The zero-order valence-corrected chi connectivity index (χ0v) is 11.6. The number of ether oxygens (including phenoxy) is 1. The highest BCUT2D eigenvalue weighted by atomic mass is 32.2. The van der Waals surface area contributed by atoms with Crippen molar-refractivity contribution in [3.05, 3.63) is 0 Å². The van der Waals surface area contributed by atoms with Crippen LogP contribution >= 0.6 is 11.8 Å². The van der Waals surface area contributed by atoms with E-state index in [2.05, 4.69) is 12.2 Å². The fourth-order valence-electron chi connectivity index (χ4n) is 1.95. The lowest BCUT2D eigenvalue weighted by molar-refractivity contribution is -0.139. The molecule has 0 aromatic heterocycles. The van der Waals surface area contributed by atoms with Crippen LogP contribution in [-0.4, -0.2) is 46.9 Å². The minimum absolute atomic E-state index is 0.204. The Kier molecular flexibility index (Phi) is 6.30. The second-order valence-electron chi connectivity index (χ2n) is 4.77. The van der Waals surface area contributed by atoms with Gasteiger partial charge in [0.2, 0.25) is 0 Å². The Morgan fingerprint density at radius 1 is 1.59 bits per heavy atom. The van der Waals surface area contributed by atoms with Crippen LogP contribution in [0.3, 0.4) is 0 Å². The Bertz CT molecular complexity index is 248. The minimum atomic E-state index is -0.755. The molecule has 1 aliphatic heterocycles. The molecule has 0 aromatic rings. The van der Waals surface area contributed by atoms with Crippen LogP contribution in [0.4, 0.5) is 0 Å². The summed E-state index contributed by atoms with van der Waals surface area (Å²) in [6.07, 6.45) is 2.06. The summed E-state index contributed by atoms with van der Waals surface area (Å²) < 4.78 is 5.48. The number of nitrogens with one attached hydrogen (secondary N) is 1. The van der Waals surface area contributed by atoms with Gasteiger partial charge >= 0.3 is 5.97 Å². The maximum Gasteiger partial charge on any atom is 0.320 e. The topological polar surface area (TPSA) is 58.6 Å². The molecule has 0 bridgehead atoms. The van der Waals surface area contributed by atoms with Crippen LogP contribution in [0.2, 0.25) is 0 Å². The molecule has 0 radical (unpaired) electrons. The number of carboxylic acid groups (broad SMARTS) is 1. The summed E-state index contributed by atoms with van der Waals surface area (Å²) in [4.78, 5) is 11.0. The second kappa shape index (κ2) is 7.24. The van der Waals surface area contributed by atoms with Gasteiger partial charge in [-0.15, -0.1) is 0 Å². The van der Waals surface area contributed by atoms with Crippen LogP contribution in [0.25, 0.3) is 0 Å². The van der Waals surface area contributed by atoms with Gasteiger partial charge in [-0.3, -0.25) is 4.79 Å². The first-order valence-corrected chi connectivity index (χ1v) is 7.27. The number of aliphatic carboxylic acids is 1. The van der Waals surface area contributed by atoms with E-state index in [1.807, 2.05) is 25.6 Å². The van der Waals surface area contributed by atoms with Crippen molar-refractivity contribution in [1.82, 2.24) is 5.32 Å². The van der Waals surface area contributed by atoms with Crippen molar-refractivity contribution < 1.29 is 14.6 Å². The van der Waals surface area contributed by atoms with Crippen LogP contribution in [0.5, 0.6) is 0 Å². The molecule has 2 N–H and O–H groups in total.